The van der Waals surface area contributed by atoms with Gasteiger partial charge in [0, 0.05) is 18.1 Å². The minimum Gasteiger partial charge on any atom is -0.493 e. The summed E-state index contributed by atoms with van der Waals surface area (Å²) in [5, 5.41) is 4.83. The smallest absolute Gasteiger partial charge is 0.161 e. The first kappa shape index (κ1) is 15.0. The van der Waals surface area contributed by atoms with Crippen LogP contribution in [0.4, 0.5) is 0 Å². The maximum atomic E-state index is 5.51. The van der Waals surface area contributed by atoms with E-state index in [0.717, 1.165) is 30.0 Å². The fourth-order valence-corrected chi connectivity index (χ4v) is 3.53. The molecule has 1 aliphatic heterocycles. The van der Waals surface area contributed by atoms with Crippen LogP contribution in [0, 0.1) is 0 Å². The van der Waals surface area contributed by atoms with Crippen molar-refractivity contribution in [1.82, 2.24) is 10.3 Å². The second-order valence-corrected chi connectivity index (χ2v) is 5.96. The second-order valence-electron chi connectivity index (χ2n) is 5.96. The van der Waals surface area contributed by atoms with Gasteiger partial charge in [-0.15, -0.1) is 0 Å². The molecular formula is C20H20N2O2. The van der Waals surface area contributed by atoms with E-state index < -0.39 is 0 Å². The highest BCUT2D eigenvalue weighted by Gasteiger charge is 2.25. The summed E-state index contributed by atoms with van der Waals surface area (Å²) in [5.74, 6) is 1.56. The molecule has 0 spiro atoms. The Bertz CT molecular complexity index is 887. The summed E-state index contributed by atoms with van der Waals surface area (Å²) in [6, 6.07) is 14.7. The standard InChI is InChI=1S/C20H20N2O2/c1-23-18-11-13-7-9-22-20(16(13)12-19(18)24-2)15-8-10-21-17-6-4-3-5-14(15)17/h3-6,8,10-12,20,22H,7,9H2,1-2H3. The maximum absolute atomic E-state index is 5.51. The number of nitrogens with zero attached hydrogens (tertiary/aromatic N) is 1. The van der Waals surface area contributed by atoms with Crippen LogP contribution >= 0.6 is 0 Å². The summed E-state index contributed by atoms with van der Waals surface area (Å²) in [7, 11) is 3.36. The second kappa shape index (κ2) is 6.13. The minimum absolute atomic E-state index is 0.126. The molecule has 4 heteroatoms. The quantitative estimate of drug-likeness (QED) is 0.802. The molecule has 4 rings (SSSR count). The number of pyridine rings is 1. The van der Waals surface area contributed by atoms with Gasteiger partial charge in [0.2, 0.25) is 0 Å². The van der Waals surface area contributed by atoms with Gasteiger partial charge in [0.1, 0.15) is 0 Å². The molecule has 1 atom stereocenters. The molecule has 1 aliphatic rings. The van der Waals surface area contributed by atoms with Crippen LogP contribution in [-0.4, -0.2) is 25.7 Å². The van der Waals surface area contributed by atoms with Crippen molar-refractivity contribution < 1.29 is 9.47 Å². The first-order chi connectivity index (χ1) is 11.8. The first-order valence-corrected chi connectivity index (χ1v) is 8.13. The predicted octanol–water partition coefficient (Wildman–Crippen LogP) is 3.49. The average molecular weight is 320 g/mol. The van der Waals surface area contributed by atoms with E-state index in [1.54, 1.807) is 14.2 Å². The summed E-state index contributed by atoms with van der Waals surface area (Å²) >= 11 is 0. The van der Waals surface area contributed by atoms with E-state index >= 15 is 0 Å². The van der Waals surface area contributed by atoms with Gasteiger partial charge in [0.25, 0.3) is 0 Å². The third-order valence-corrected chi connectivity index (χ3v) is 4.69. The summed E-state index contributed by atoms with van der Waals surface area (Å²) < 4.78 is 11.0. The Morgan fingerprint density at radius 1 is 1.00 bits per heavy atom. The topological polar surface area (TPSA) is 43.4 Å². The molecule has 2 heterocycles. The lowest BCUT2D eigenvalue weighted by Gasteiger charge is -2.29. The van der Waals surface area contributed by atoms with E-state index in [2.05, 4.69) is 46.7 Å². The zero-order valence-corrected chi connectivity index (χ0v) is 13.9. The molecule has 1 unspecified atom stereocenters. The molecule has 24 heavy (non-hydrogen) atoms. The fraction of sp³-hybridized carbons (Fsp3) is 0.250. The van der Waals surface area contributed by atoms with Crippen molar-refractivity contribution in [2.75, 3.05) is 20.8 Å². The lowest BCUT2D eigenvalue weighted by atomic mass is 9.88. The van der Waals surface area contributed by atoms with Crippen molar-refractivity contribution in [3.63, 3.8) is 0 Å². The molecule has 0 aliphatic carbocycles. The zero-order valence-electron chi connectivity index (χ0n) is 13.9. The van der Waals surface area contributed by atoms with Gasteiger partial charge in [0.05, 0.1) is 25.8 Å². The van der Waals surface area contributed by atoms with E-state index in [1.165, 1.54) is 22.1 Å². The summed E-state index contributed by atoms with van der Waals surface area (Å²) in [6.45, 7) is 0.934. The molecular weight excluding hydrogens is 300 g/mol. The molecule has 0 fully saturated rings. The number of hydrogen-bond donors (Lipinski definition) is 1. The van der Waals surface area contributed by atoms with Crippen LogP contribution in [-0.2, 0) is 6.42 Å². The maximum Gasteiger partial charge on any atom is 0.161 e. The Kier molecular flexibility index (Phi) is 3.82. The number of nitrogens with one attached hydrogen (secondary N) is 1. The van der Waals surface area contributed by atoms with Crippen LogP contribution in [0.25, 0.3) is 10.9 Å². The van der Waals surface area contributed by atoms with E-state index in [9.17, 15) is 0 Å². The van der Waals surface area contributed by atoms with Crippen LogP contribution in [0.1, 0.15) is 22.7 Å². The van der Waals surface area contributed by atoms with Crippen molar-refractivity contribution in [3.8, 4) is 11.5 Å². The van der Waals surface area contributed by atoms with Gasteiger partial charge in [-0.1, -0.05) is 18.2 Å². The van der Waals surface area contributed by atoms with Crippen LogP contribution in [0.5, 0.6) is 11.5 Å². The Balaban J connectivity index is 1.90. The molecule has 0 saturated heterocycles. The molecule has 1 aromatic heterocycles. The normalized spacial score (nSPS) is 16.7. The monoisotopic (exact) mass is 320 g/mol. The summed E-state index contributed by atoms with van der Waals surface area (Å²) in [5.41, 5.74) is 4.81. The largest absolute Gasteiger partial charge is 0.493 e. The molecule has 0 amide bonds. The summed E-state index contributed by atoms with van der Waals surface area (Å²) in [6.07, 6.45) is 2.86. The highest BCUT2D eigenvalue weighted by atomic mass is 16.5. The lowest BCUT2D eigenvalue weighted by Crippen LogP contribution is -2.30. The number of ether oxygens (including phenoxy) is 2. The molecule has 0 saturated carbocycles. The van der Waals surface area contributed by atoms with Gasteiger partial charge >= 0.3 is 0 Å². The Morgan fingerprint density at radius 3 is 2.62 bits per heavy atom. The highest BCUT2D eigenvalue weighted by Crippen LogP contribution is 2.38. The van der Waals surface area contributed by atoms with Crippen molar-refractivity contribution in [3.05, 3.63) is 65.4 Å². The van der Waals surface area contributed by atoms with Gasteiger partial charge < -0.3 is 14.8 Å². The van der Waals surface area contributed by atoms with Gasteiger partial charge in [-0.3, -0.25) is 4.98 Å². The van der Waals surface area contributed by atoms with Crippen molar-refractivity contribution in [1.29, 1.82) is 0 Å². The lowest BCUT2D eigenvalue weighted by molar-refractivity contribution is 0.353. The number of para-hydroxylation sites is 1. The fourth-order valence-electron chi connectivity index (χ4n) is 3.53. The Morgan fingerprint density at radius 2 is 1.79 bits per heavy atom. The number of benzene rings is 2. The number of hydrogen-bond acceptors (Lipinski definition) is 4. The molecule has 0 bridgehead atoms. The highest BCUT2D eigenvalue weighted by molar-refractivity contribution is 5.83. The van der Waals surface area contributed by atoms with Crippen LogP contribution in [0.3, 0.4) is 0 Å². The van der Waals surface area contributed by atoms with Crippen LogP contribution < -0.4 is 14.8 Å². The molecule has 1 N–H and O–H groups in total. The number of aromatic nitrogens is 1. The van der Waals surface area contributed by atoms with Gasteiger partial charge in [-0.25, -0.2) is 0 Å². The molecule has 122 valence electrons. The van der Waals surface area contributed by atoms with Gasteiger partial charge in [-0.2, -0.15) is 0 Å². The third-order valence-electron chi connectivity index (χ3n) is 4.69. The van der Waals surface area contributed by atoms with E-state index in [4.69, 9.17) is 9.47 Å². The average Bonchev–Trinajstić information content (AvgIpc) is 2.66. The molecule has 4 nitrogen and oxygen atoms in total. The van der Waals surface area contributed by atoms with E-state index in [-0.39, 0.29) is 6.04 Å². The predicted molar refractivity (Wildman–Crippen MR) is 94.8 cm³/mol. The van der Waals surface area contributed by atoms with Gasteiger partial charge in [-0.05, 0) is 47.4 Å². The first-order valence-electron chi connectivity index (χ1n) is 8.13. The number of rotatable bonds is 3. The van der Waals surface area contributed by atoms with Crippen molar-refractivity contribution >= 4 is 10.9 Å². The minimum atomic E-state index is 0.126. The number of fused-ring (bicyclic) bond motifs is 2. The van der Waals surface area contributed by atoms with E-state index in [1.807, 2.05) is 12.3 Å². The van der Waals surface area contributed by atoms with Crippen LogP contribution in [0.2, 0.25) is 0 Å². The summed E-state index contributed by atoms with van der Waals surface area (Å²) in [4.78, 5) is 4.48. The third kappa shape index (κ3) is 2.39. The number of methoxy groups -OCH3 is 2. The Hall–Kier alpha value is -2.59. The van der Waals surface area contributed by atoms with E-state index in [0.29, 0.717) is 0 Å². The van der Waals surface area contributed by atoms with Crippen molar-refractivity contribution in [2.24, 2.45) is 0 Å². The van der Waals surface area contributed by atoms with Crippen molar-refractivity contribution in [2.45, 2.75) is 12.5 Å². The Labute approximate surface area is 141 Å². The zero-order chi connectivity index (χ0) is 16.5. The molecule has 3 aromatic rings. The van der Waals surface area contributed by atoms with Crippen LogP contribution in [0.15, 0.2) is 48.7 Å². The SMILES string of the molecule is COc1cc2c(cc1OC)C(c1ccnc3ccccc13)NCC2. The molecule has 2 aromatic carbocycles. The van der Waals surface area contributed by atoms with Gasteiger partial charge in [0.15, 0.2) is 11.5 Å². The molecule has 0 radical (unpaired) electrons.